The summed E-state index contributed by atoms with van der Waals surface area (Å²) in [6, 6.07) is 10.9. The van der Waals surface area contributed by atoms with E-state index in [1.807, 2.05) is 24.3 Å². The lowest BCUT2D eigenvalue weighted by Gasteiger charge is -1.99. The van der Waals surface area contributed by atoms with Crippen molar-refractivity contribution in [3.8, 4) is 11.3 Å². The zero-order valence-corrected chi connectivity index (χ0v) is 8.63. The van der Waals surface area contributed by atoms with Crippen molar-refractivity contribution in [2.24, 2.45) is 0 Å². The minimum absolute atomic E-state index is 0.385. The molecule has 1 heterocycles. The van der Waals surface area contributed by atoms with Crippen LogP contribution in [0, 0.1) is 0 Å². The molecule has 1 aromatic carbocycles. The maximum atomic E-state index is 5.85. The summed E-state index contributed by atoms with van der Waals surface area (Å²) < 4.78 is 0. The van der Waals surface area contributed by atoms with Gasteiger partial charge in [-0.2, -0.15) is 0 Å². The fourth-order valence-corrected chi connectivity index (χ4v) is 1.41. The van der Waals surface area contributed by atoms with Crippen molar-refractivity contribution in [1.82, 2.24) is 10.2 Å². The van der Waals surface area contributed by atoms with E-state index < -0.39 is 0 Å². The highest BCUT2D eigenvalue weighted by Gasteiger charge is 2.00. The van der Waals surface area contributed by atoms with Gasteiger partial charge in [-0.05, 0) is 24.3 Å². The quantitative estimate of drug-likeness (QED) is 0.742. The van der Waals surface area contributed by atoms with E-state index in [2.05, 4.69) is 10.2 Å². The molecule has 0 aliphatic rings. The Kier molecular flexibility index (Phi) is 2.66. The van der Waals surface area contributed by atoms with E-state index in [0.717, 1.165) is 11.3 Å². The molecular weight excluding hydrogens is 219 g/mol. The first kappa shape index (κ1) is 9.44. The van der Waals surface area contributed by atoms with Gasteiger partial charge in [0, 0.05) is 10.6 Å². The topological polar surface area (TPSA) is 25.8 Å². The Morgan fingerprint density at radius 3 is 2.43 bits per heavy atom. The third-order valence-corrected chi connectivity index (χ3v) is 2.19. The lowest BCUT2D eigenvalue weighted by molar-refractivity contribution is 1.04. The fraction of sp³-hybridized carbons (Fsp3) is 0. The minimum atomic E-state index is 0.385. The minimum Gasteiger partial charge on any atom is -0.149 e. The van der Waals surface area contributed by atoms with Crippen LogP contribution in [0.1, 0.15) is 0 Å². The molecule has 0 spiro atoms. The van der Waals surface area contributed by atoms with Crippen molar-refractivity contribution in [3.63, 3.8) is 0 Å². The van der Waals surface area contributed by atoms with Crippen LogP contribution in [0.5, 0.6) is 0 Å². The Hall–Kier alpha value is -1.12. The van der Waals surface area contributed by atoms with Gasteiger partial charge >= 0.3 is 0 Å². The SMILES string of the molecule is Clc1cccc(-c2ccc(Cl)nn2)c1. The van der Waals surface area contributed by atoms with Gasteiger partial charge in [0.2, 0.25) is 0 Å². The van der Waals surface area contributed by atoms with Crippen LogP contribution < -0.4 is 0 Å². The van der Waals surface area contributed by atoms with Crippen LogP contribution in [0.2, 0.25) is 10.2 Å². The van der Waals surface area contributed by atoms with Gasteiger partial charge in [-0.3, -0.25) is 0 Å². The summed E-state index contributed by atoms with van der Waals surface area (Å²) in [5, 5.41) is 8.77. The molecule has 0 saturated heterocycles. The maximum absolute atomic E-state index is 5.85. The van der Waals surface area contributed by atoms with E-state index in [-0.39, 0.29) is 0 Å². The molecular formula is C10H6Cl2N2. The molecule has 14 heavy (non-hydrogen) atoms. The van der Waals surface area contributed by atoms with Gasteiger partial charge < -0.3 is 0 Å². The maximum Gasteiger partial charge on any atom is 0.151 e. The van der Waals surface area contributed by atoms with Gasteiger partial charge in [-0.1, -0.05) is 35.3 Å². The zero-order chi connectivity index (χ0) is 9.97. The van der Waals surface area contributed by atoms with Crippen LogP contribution in [0.15, 0.2) is 36.4 Å². The van der Waals surface area contributed by atoms with Gasteiger partial charge in [-0.25, -0.2) is 0 Å². The van der Waals surface area contributed by atoms with Crippen LogP contribution in [0.4, 0.5) is 0 Å². The Labute approximate surface area is 91.5 Å². The van der Waals surface area contributed by atoms with E-state index in [1.165, 1.54) is 0 Å². The molecule has 2 rings (SSSR count). The predicted molar refractivity (Wildman–Crippen MR) is 57.5 cm³/mol. The second-order valence-corrected chi connectivity index (χ2v) is 3.58. The normalized spacial score (nSPS) is 10.1. The highest BCUT2D eigenvalue weighted by molar-refractivity contribution is 6.30. The number of nitrogens with zero attached hydrogens (tertiary/aromatic N) is 2. The third kappa shape index (κ3) is 2.03. The van der Waals surface area contributed by atoms with Crippen LogP contribution in [0.25, 0.3) is 11.3 Å². The van der Waals surface area contributed by atoms with Crippen molar-refractivity contribution >= 4 is 23.2 Å². The molecule has 0 saturated carbocycles. The Morgan fingerprint density at radius 1 is 0.929 bits per heavy atom. The summed E-state index contributed by atoms with van der Waals surface area (Å²) in [5.74, 6) is 0. The highest BCUT2D eigenvalue weighted by atomic mass is 35.5. The van der Waals surface area contributed by atoms with Gasteiger partial charge in [0.05, 0.1) is 5.69 Å². The molecule has 0 radical (unpaired) electrons. The monoisotopic (exact) mass is 224 g/mol. The molecule has 0 amide bonds. The largest absolute Gasteiger partial charge is 0.151 e. The molecule has 4 heteroatoms. The van der Waals surface area contributed by atoms with Crippen molar-refractivity contribution in [2.75, 3.05) is 0 Å². The Balaban J connectivity index is 2.44. The molecule has 0 bridgehead atoms. The molecule has 2 aromatic rings. The fourth-order valence-electron chi connectivity index (χ4n) is 1.12. The summed E-state index contributed by atoms with van der Waals surface area (Å²) in [5.41, 5.74) is 1.69. The van der Waals surface area contributed by atoms with Crippen molar-refractivity contribution in [3.05, 3.63) is 46.6 Å². The van der Waals surface area contributed by atoms with Gasteiger partial charge in [0.25, 0.3) is 0 Å². The highest BCUT2D eigenvalue weighted by Crippen LogP contribution is 2.20. The van der Waals surface area contributed by atoms with Crippen molar-refractivity contribution in [1.29, 1.82) is 0 Å². The molecule has 0 unspecified atom stereocenters. The zero-order valence-electron chi connectivity index (χ0n) is 7.11. The Bertz CT molecular complexity index is 440. The summed E-state index contributed by atoms with van der Waals surface area (Å²) in [6.07, 6.45) is 0. The van der Waals surface area contributed by atoms with E-state index in [0.29, 0.717) is 10.2 Å². The lowest BCUT2D eigenvalue weighted by Crippen LogP contribution is -1.86. The smallest absolute Gasteiger partial charge is 0.149 e. The first-order valence-electron chi connectivity index (χ1n) is 4.01. The second kappa shape index (κ2) is 3.95. The molecule has 0 atom stereocenters. The molecule has 2 nitrogen and oxygen atoms in total. The Morgan fingerprint density at radius 2 is 1.79 bits per heavy atom. The molecule has 0 N–H and O–H groups in total. The molecule has 1 aromatic heterocycles. The summed E-state index contributed by atoms with van der Waals surface area (Å²) in [7, 11) is 0. The van der Waals surface area contributed by atoms with Crippen molar-refractivity contribution < 1.29 is 0 Å². The molecule has 70 valence electrons. The summed E-state index contributed by atoms with van der Waals surface area (Å²) in [6.45, 7) is 0. The summed E-state index contributed by atoms with van der Waals surface area (Å²) in [4.78, 5) is 0. The molecule has 0 fully saturated rings. The predicted octanol–water partition coefficient (Wildman–Crippen LogP) is 3.45. The molecule has 0 aliphatic carbocycles. The van der Waals surface area contributed by atoms with Gasteiger partial charge in [-0.15, -0.1) is 10.2 Å². The van der Waals surface area contributed by atoms with E-state index >= 15 is 0 Å². The van der Waals surface area contributed by atoms with Crippen molar-refractivity contribution in [2.45, 2.75) is 0 Å². The van der Waals surface area contributed by atoms with Crippen LogP contribution in [0.3, 0.4) is 0 Å². The number of benzene rings is 1. The lowest BCUT2D eigenvalue weighted by atomic mass is 10.1. The number of hydrogen-bond donors (Lipinski definition) is 0. The number of halogens is 2. The van der Waals surface area contributed by atoms with Crippen LogP contribution in [-0.2, 0) is 0 Å². The van der Waals surface area contributed by atoms with Gasteiger partial charge in [0.15, 0.2) is 5.15 Å². The average molecular weight is 225 g/mol. The molecule has 0 aliphatic heterocycles. The number of hydrogen-bond acceptors (Lipinski definition) is 2. The van der Waals surface area contributed by atoms with Crippen LogP contribution >= 0.6 is 23.2 Å². The second-order valence-electron chi connectivity index (χ2n) is 2.75. The van der Waals surface area contributed by atoms with E-state index in [4.69, 9.17) is 23.2 Å². The summed E-state index contributed by atoms with van der Waals surface area (Å²) >= 11 is 11.5. The van der Waals surface area contributed by atoms with Gasteiger partial charge in [0.1, 0.15) is 0 Å². The third-order valence-electron chi connectivity index (χ3n) is 1.75. The number of rotatable bonds is 1. The first-order valence-corrected chi connectivity index (χ1v) is 4.76. The average Bonchev–Trinajstić information content (AvgIpc) is 2.19. The van der Waals surface area contributed by atoms with E-state index in [1.54, 1.807) is 12.1 Å². The first-order chi connectivity index (χ1) is 6.75. The van der Waals surface area contributed by atoms with Crippen LogP contribution in [-0.4, -0.2) is 10.2 Å². The standard InChI is InChI=1S/C10H6Cl2N2/c11-8-3-1-2-7(6-8)9-4-5-10(12)14-13-9/h1-6H. The van der Waals surface area contributed by atoms with E-state index in [9.17, 15) is 0 Å². The number of aromatic nitrogens is 2.